The van der Waals surface area contributed by atoms with Crippen LogP contribution in [0.4, 0.5) is 0 Å². The van der Waals surface area contributed by atoms with Crippen LogP contribution in [0.1, 0.15) is 74.5 Å². The average molecular weight is 407 g/mol. The predicted octanol–water partition coefficient (Wildman–Crippen LogP) is 5.12. The molecule has 3 aromatic rings. The lowest BCUT2D eigenvalue weighted by molar-refractivity contribution is 0.0697. The summed E-state index contributed by atoms with van der Waals surface area (Å²) in [7, 11) is 0. The number of carboxylic acid groups (broad SMARTS) is 1. The first-order valence-corrected chi connectivity index (χ1v) is 10.5. The zero-order chi connectivity index (χ0) is 21.7. The van der Waals surface area contributed by atoms with E-state index in [2.05, 4.69) is 32.7 Å². The van der Waals surface area contributed by atoms with Crippen molar-refractivity contribution < 1.29 is 9.90 Å². The van der Waals surface area contributed by atoms with E-state index in [4.69, 9.17) is 10.1 Å². The van der Waals surface area contributed by atoms with Gasteiger partial charge in [0.15, 0.2) is 5.82 Å². The molecular formula is C24H30N4O2. The molecular weight excluding hydrogens is 376 g/mol. The molecule has 0 atom stereocenters. The van der Waals surface area contributed by atoms with Crippen molar-refractivity contribution in [2.24, 2.45) is 0 Å². The van der Waals surface area contributed by atoms with E-state index in [1.807, 2.05) is 28.9 Å². The van der Waals surface area contributed by atoms with Crippen LogP contribution < -0.4 is 0 Å². The number of unbranched alkanes of at least 4 members (excludes halogenated alkanes) is 2. The summed E-state index contributed by atoms with van der Waals surface area (Å²) in [4.78, 5) is 20.6. The monoisotopic (exact) mass is 406 g/mol. The fourth-order valence-electron chi connectivity index (χ4n) is 3.28. The van der Waals surface area contributed by atoms with Crippen molar-refractivity contribution in [3.8, 4) is 11.3 Å². The van der Waals surface area contributed by atoms with Gasteiger partial charge in [-0.1, -0.05) is 64.8 Å². The fraction of sp³-hybridized carbons (Fsp3) is 0.417. The Kier molecular flexibility index (Phi) is 6.65. The average Bonchev–Trinajstić information content (AvgIpc) is 3.12. The third-order valence-corrected chi connectivity index (χ3v) is 5.02. The van der Waals surface area contributed by atoms with E-state index in [0.29, 0.717) is 12.1 Å². The number of benzene rings is 1. The molecule has 1 N–H and O–H groups in total. The molecule has 0 saturated heterocycles. The highest BCUT2D eigenvalue weighted by atomic mass is 16.4. The van der Waals surface area contributed by atoms with Gasteiger partial charge in [-0.2, -0.15) is 5.10 Å². The minimum Gasteiger partial charge on any atom is -0.478 e. The van der Waals surface area contributed by atoms with Crippen molar-refractivity contribution >= 4 is 5.97 Å². The van der Waals surface area contributed by atoms with Gasteiger partial charge in [0, 0.05) is 30.1 Å². The van der Waals surface area contributed by atoms with Crippen molar-refractivity contribution in [3.63, 3.8) is 0 Å². The van der Waals surface area contributed by atoms with Gasteiger partial charge in [0.1, 0.15) is 5.82 Å². The maximum atomic E-state index is 11.5. The van der Waals surface area contributed by atoms with Crippen LogP contribution in [0, 0.1) is 0 Å². The summed E-state index contributed by atoms with van der Waals surface area (Å²) in [5, 5.41) is 14.2. The molecule has 158 valence electrons. The SMILES string of the molecule is CCCCCn1nc(C(C)(C)C)nc1Cc1ccc(-c2ncccc2C(=O)O)cc1. The van der Waals surface area contributed by atoms with E-state index >= 15 is 0 Å². The van der Waals surface area contributed by atoms with Gasteiger partial charge >= 0.3 is 5.97 Å². The maximum Gasteiger partial charge on any atom is 0.337 e. The molecule has 6 nitrogen and oxygen atoms in total. The summed E-state index contributed by atoms with van der Waals surface area (Å²) in [5.74, 6) is 0.857. The minimum absolute atomic E-state index is 0.0964. The van der Waals surface area contributed by atoms with Crippen LogP contribution in [0.25, 0.3) is 11.3 Å². The molecule has 0 aliphatic heterocycles. The second kappa shape index (κ2) is 9.20. The number of aryl methyl sites for hydroxylation is 1. The lowest BCUT2D eigenvalue weighted by Gasteiger charge is -2.12. The topological polar surface area (TPSA) is 80.9 Å². The van der Waals surface area contributed by atoms with E-state index in [-0.39, 0.29) is 11.0 Å². The number of hydrogen-bond acceptors (Lipinski definition) is 4. The Morgan fingerprint density at radius 3 is 2.47 bits per heavy atom. The van der Waals surface area contributed by atoms with Crippen LogP contribution in [0.15, 0.2) is 42.6 Å². The standard InChI is InChI=1S/C24H30N4O2/c1-5-6-7-15-28-20(26-23(27-28)24(2,3)4)16-17-10-12-18(13-11-17)21-19(22(29)30)9-8-14-25-21/h8-14H,5-7,15-16H2,1-4H3,(H,29,30). The highest BCUT2D eigenvalue weighted by Crippen LogP contribution is 2.24. The summed E-state index contributed by atoms with van der Waals surface area (Å²) in [5.41, 5.74) is 2.48. The Balaban J connectivity index is 1.85. The minimum atomic E-state index is -0.975. The Morgan fingerprint density at radius 1 is 1.10 bits per heavy atom. The number of nitrogens with zero attached hydrogens (tertiary/aromatic N) is 4. The summed E-state index contributed by atoms with van der Waals surface area (Å²) >= 11 is 0. The van der Waals surface area contributed by atoms with Gasteiger partial charge in [-0.15, -0.1) is 0 Å². The molecule has 1 aromatic carbocycles. The molecule has 0 unspecified atom stereocenters. The second-order valence-electron chi connectivity index (χ2n) is 8.61. The van der Waals surface area contributed by atoms with Crippen LogP contribution >= 0.6 is 0 Å². The van der Waals surface area contributed by atoms with Gasteiger partial charge in [0.2, 0.25) is 0 Å². The molecule has 2 aromatic heterocycles. The van der Waals surface area contributed by atoms with Gasteiger partial charge in [-0.25, -0.2) is 14.5 Å². The Bertz CT molecular complexity index is 1000. The van der Waals surface area contributed by atoms with E-state index in [1.165, 1.54) is 12.8 Å². The highest BCUT2D eigenvalue weighted by molar-refractivity contribution is 5.94. The number of aromatic nitrogens is 4. The molecule has 0 radical (unpaired) electrons. The van der Waals surface area contributed by atoms with Crippen LogP contribution in [0.2, 0.25) is 0 Å². The molecule has 0 amide bonds. The summed E-state index contributed by atoms with van der Waals surface area (Å²) in [6.07, 6.45) is 5.73. The number of aromatic carboxylic acids is 1. The smallest absolute Gasteiger partial charge is 0.337 e. The maximum absolute atomic E-state index is 11.5. The van der Waals surface area contributed by atoms with Crippen LogP contribution in [-0.4, -0.2) is 30.8 Å². The zero-order valence-corrected chi connectivity index (χ0v) is 18.2. The van der Waals surface area contributed by atoms with Crippen molar-refractivity contribution in [2.75, 3.05) is 0 Å². The van der Waals surface area contributed by atoms with Crippen molar-refractivity contribution in [3.05, 3.63) is 65.4 Å². The van der Waals surface area contributed by atoms with E-state index in [9.17, 15) is 9.90 Å². The zero-order valence-electron chi connectivity index (χ0n) is 18.2. The molecule has 3 rings (SSSR count). The molecule has 0 spiro atoms. The van der Waals surface area contributed by atoms with Crippen LogP contribution in [-0.2, 0) is 18.4 Å². The predicted molar refractivity (Wildman–Crippen MR) is 118 cm³/mol. The molecule has 6 heteroatoms. The molecule has 0 bridgehead atoms. The normalized spacial score (nSPS) is 11.6. The van der Waals surface area contributed by atoms with Crippen molar-refractivity contribution in [2.45, 2.75) is 65.3 Å². The molecule has 30 heavy (non-hydrogen) atoms. The first kappa shape index (κ1) is 21.7. The third-order valence-electron chi connectivity index (χ3n) is 5.02. The lowest BCUT2D eigenvalue weighted by Crippen LogP contribution is -2.14. The molecule has 0 saturated carbocycles. The fourth-order valence-corrected chi connectivity index (χ4v) is 3.28. The Hall–Kier alpha value is -3.02. The number of carbonyl (C=O) groups is 1. The van der Waals surface area contributed by atoms with E-state index in [1.54, 1.807) is 18.3 Å². The van der Waals surface area contributed by atoms with Gasteiger partial charge < -0.3 is 5.11 Å². The Morgan fingerprint density at radius 2 is 1.83 bits per heavy atom. The van der Waals surface area contributed by atoms with Crippen LogP contribution in [0.3, 0.4) is 0 Å². The Labute approximate surface area is 178 Å². The number of rotatable bonds is 8. The molecule has 0 aliphatic carbocycles. The largest absolute Gasteiger partial charge is 0.478 e. The van der Waals surface area contributed by atoms with E-state index < -0.39 is 5.97 Å². The van der Waals surface area contributed by atoms with Crippen LogP contribution in [0.5, 0.6) is 0 Å². The van der Waals surface area contributed by atoms with Gasteiger partial charge in [0.05, 0.1) is 11.3 Å². The molecule has 0 aliphatic rings. The van der Waals surface area contributed by atoms with Gasteiger partial charge in [0.25, 0.3) is 0 Å². The number of pyridine rings is 1. The van der Waals surface area contributed by atoms with Crippen molar-refractivity contribution in [1.82, 2.24) is 19.7 Å². The molecule has 2 heterocycles. The number of hydrogen-bond donors (Lipinski definition) is 1. The summed E-state index contributed by atoms with van der Waals surface area (Å²) in [6, 6.07) is 11.1. The highest BCUT2D eigenvalue weighted by Gasteiger charge is 2.22. The third kappa shape index (κ3) is 5.12. The van der Waals surface area contributed by atoms with Gasteiger partial charge in [-0.05, 0) is 24.1 Å². The first-order chi connectivity index (χ1) is 14.3. The second-order valence-corrected chi connectivity index (χ2v) is 8.61. The molecule has 0 fully saturated rings. The van der Waals surface area contributed by atoms with Crippen molar-refractivity contribution in [1.29, 1.82) is 0 Å². The van der Waals surface area contributed by atoms with Gasteiger partial charge in [-0.3, -0.25) is 4.98 Å². The summed E-state index contributed by atoms with van der Waals surface area (Å²) in [6.45, 7) is 9.46. The summed E-state index contributed by atoms with van der Waals surface area (Å²) < 4.78 is 2.05. The van der Waals surface area contributed by atoms with E-state index in [0.717, 1.165) is 35.7 Å². The quantitative estimate of drug-likeness (QED) is 0.525. The number of carboxylic acids is 1. The first-order valence-electron chi connectivity index (χ1n) is 10.5. The lowest BCUT2D eigenvalue weighted by atomic mass is 9.96.